The van der Waals surface area contributed by atoms with Crippen LogP contribution in [-0.2, 0) is 9.53 Å². The summed E-state index contributed by atoms with van der Waals surface area (Å²) in [5.41, 5.74) is 10.2. The van der Waals surface area contributed by atoms with Gasteiger partial charge in [0.25, 0.3) is 0 Å². The van der Waals surface area contributed by atoms with Gasteiger partial charge in [-0.05, 0) is 93.8 Å². The van der Waals surface area contributed by atoms with Crippen LogP contribution in [0.1, 0.15) is 67.0 Å². The molecule has 28 heavy (non-hydrogen) atoms. The minimum atomic E-state index is -0.271. The number of rotatable bonds is 8. The molecule has 1 rings (SSSR count). The molecular formula is C26H36O2. The number of hydrogen-bond donors (Lipinski definition) is 0. The Bertz CT molecular complexity index is 788. The van der Waals surface area contributed by atoms with Crippen LogP contribution in [0.2, 0.25) is 0 Å². The molecule has 0 N–H and O–H groups in total. The largest absolute Gasteiger partial charge is 0.463 e. The van der Waals surface area contributed by atoms with E-state index in [2.05, 4.69) is 66.7 Å². The number of allylic oxidation sites excluding steroid dienone is 6. The van der Waals surface area contributed by atoms with E-state index in [1.807, 2.05) is 19.1 Å². The first-order valence-corrected chi connectivity index (χ1v) is 10.1. The van der Waals surface area contributed by atoms with Crippen molar-refractivity contribution in [3.8, 4) is 0 Å². The smallest absolute Gasteiger partial charge is 0.331 e. The number of carbonyl (C=O) groups is 1. The highest BCUT2D eigenvalue weighted by Crippen LogP contribution is 2.27. The normalized spacial score (nSPS) is 13.0. The minimum absolute atomic E-state index is 0.271. The van der Waals surface area contributed by atoms with Crippen LogP contribution < -0.4 is 0 Å². The molecule has 0 saturated carbocycles. The average molecular weight is 381 g/mol. The maximum atomic E-state index is 11.7. The first-order valence-electron chi connectivity index (χ1n) is 10.1. The molecule has 0 fully saturated rings. The van der Waals surface area contributed by atoms with Gasteiger partial charge in [0.15, 0.2) is 0 Å². The monoisotopic (exact) mass is 380 g/mol. The number of ether oxygens (including phenoxy) is 1. The molecule has 0 radical (unpaired) electrons. The van der Waals surface area contributed by atoms with Crippen LogP contribution in [0.5, 0.6) is 0 Å². The Labute approximate surface area is 171 Å². The molecule has 0 unspecified atom stereocenters. The molecule has 152 valence electrons. The lowest BCUT2D eigenvalue weighted by Crippen LogP contribution is -2.02. The third-order valence-corrected chi connectivity index (χ3v) is 5.38. The molecule has 1 aromatic rings. The Balaban J connectivity index is 2.83. The van der Waals surface area contributed by atoms with Gasteiger partial charge in [-0.15, -0.1) is 0 Å². The van der Waals surface area contributed by atoms with E-state index in [4.69, 9.17) is 4.74 Å². The van der Waals surface area contributed by atoms with Crippen LogP contribution >= 0.6 is 0 Å². The number of carbonyl (C=O) groups excluding carboxylic acids is 1. The number of benzene rings is 1. The molecule has 2 nitrogen and oxygen atoms in total. The maximum absolute atomic E-state index is 11.7. The van der Waals surface area contributed by atoms with Crippen LogP contribution in [0.3, 0.4) is 0 Å². The van der Waals surface area contributed by atoms with Crippen molar-refractivity contribution in [1.82, 2.24) is 0 Å². The second-order valence-electron chi connectivity index (χ2n) is 7.55. The summed E-state index contributed by atoms with van der Waals surface area (Å²) in [4.78, 5) is 11.7. The predicted molar refractivity (Wildman–Crippen MR) is 122 cm³/mol. The summed E-state index contributed by atoms with van der Waals surface area (Å²) in [6.07, 6.45) is 13.8. The fourth-order valence-electron chi connectivity index (χ4n) is 2.99. The standard InChI is InChI=1S/C26H36O2/c1-9-10-16-28-26(27)17-19(3)13-11-12-18(2)14-15-25-23(7)21(5)20(4)22(6)24(25)8/h11-15,17H,9-10,16H2,1-8H3. The van der Waals surface area contributed by atoms with E-state index in [0.29, 0.717) is 6.61 Å². The fourth-order valence-corrected chi connectivity index (χ4v) is 2.99. The van der Waals surface area contributed by atoms with Crippen LogP contribution in [0.4, 0.5) is 0 Å². The Kier molecular flexibility index (Phi) is 9.72. The second-order valence-corrected chi connectivity index (χ2v) is 7.55. The zero-order valence-corrected chi connectivity index (χ0v) is 18.9. The van der Waals surface area contributed by atoms with Gasteiger partial charge in [-0.2, -0.15) is 0 Å². The van der Waals surface area contributed by atoms with E-state index in [1.165, 1.54) is 39.5 Å². The molecule has 0 spiro atoms. The van der Waals surface area contributed by atoms with Gasteiger partial charge in [0.1, 0.15) is 0 Å². The first kappa shape index (κ1) is 23.7. The van der Waals surface area contributed by atoms with Gasteiger partial charge in [0.2, 0.25) is 0 Å². The number of unbranched alkanes of at least 4 members (excludes halogenated alkanes) is 1. The Morgan fingerprint density at radius 1 is 0.857 bits per heavy atom. The van der Waals surface area contributed by atoms with Gasteiger partial charge in [-0.25, -0.2) is 4.79 Å². The van der Waals surface area contributed by atoms with E-state index in [0.717, 1.165) is 24.0 Å². The lowest BCUT2D eigenvalue weighted by Gasteiger charge is -2.16. The van der Waals surface area contributed by atoms with Crippen molar-refractivity contribution in [2.75, 3.05) is 6.61 Å². The van der Waals surface area contributed by atoms with Gasteiger partial charge >= 0.3 is 5.97 Å². The zero-order chi connectivity index (χ0) is 21.3. The van der Waals surface area contributed by atoms with Crippen LogP contribution in [0.25, 0.3) is 6.08 Å². The SMILES string of the molecule is CCCCOC(=O)C=C(C)C=CC=C(C)C=Cc1c(C)c(C)c(C)c(C)c1C. The molecule has 0 amide bonds. The maximum Gasteiger partial charge on any atom is 0.331 e. The highest BCUT2D eigenvalue weighted by molar-refractivity contribution is 5.83. The molecule has 0 bridgehead atoms. The Hall–Kier alpha value is -2.35. The third-order valence-electron chi connectivity index (χ3n) is 5.38. The Morgan fingerprint density at radius 2 is 1.43 bits per heavy atom. The van der Waals surface area contributed by atoms with E-state index in [1.54, 1.807) is 0 Å². The lowest BCUT2D eigenvalue weighted by molar-refractivity contribution is -0.137. The molecule has 2 heteroatoms. The summed E-state index contributed by atoms with van der Waals surface area (Å²) in [5, 5.41) is 0. The molecule has 0 aliphatic carbocycles. The van der Waals surface area contributed by atoms with Crippen molar-refractivity contribution in [3.05, 3.63) is 74.9 Å². The van der Waals surface area contributed by atoms with Crippen molar-refractivity contribution in [1.29, 1.82) is 0 Å². The average Bonchev–Trinajstić information content (AvgIpc) is 2.65. The van der Waals surface area contributed by atoms with Crippen LogP contribution in [0.15, 0.2) is 41.5 Å². The van der Waals surface area contributed by atoms with Crippen LogP contribution in [-0.4, -0.2) is 12.6 Å². The molecule has 1 aromatic carbocycles. The first-order chi connectivity index (χ1) is 13.2. The summed E-state index contributed by atoms with van der Waals surface area (Å²) < 4.78 is 5.14. The molecule has 0 aromatic heterocycles. The van der Waals surface area contributed by atoms with Gasteiger partial charge in [-0.3, -0.25) is 0 Å². The van der Waals surface area contributed by atoms with Crippen molar-refractivity contribution >= 4 is 12.0 Å². The number of esters is 1. The molecule has 0 saturated heterocycles. The molecule has 0 heterocycles. The summed E-state index contributed by atoms with van der Waals surface area (Å²) in [5.74, 6) is -0.271. The topological polar surface area (TPSA) is 26.3 Å². The zero-order valence-electron chi connectivity index (χ0n) is 18.9. The number of hydrogen-bond acceptors (Lipinski definition) is 2. The molecular weight excluding hydrogens is 344 g/mol. The third kappa shape index (κ3) is 6.99. The quantitative estimate of drug-likeness (QED) is 0.209. The van der Waals surface area contributed by atoms with Crippen molar-refractivity contribution in [2.45, 2.75) is 68.2 Å². The summed E-state index contributed by atoms with van der Waals surface area (Å²) in [7, 11) is 0. The second kappa shape index (κ2) is 11.5. The van der Waals surface area contributed by atoms with E-state index >= 15 is 0 Å². The highest BCUT2D eigenvalue weighted by atomic mass is 16.5. The molecule has 0 aliphatic rings. The van der Waals surface area contributed by atoms with Crippen molar-refractivity contribution in [2.24, 2.45) is 0 Å². The van der Waals surface area contributed by atoms with E-state index in [-0.39, 0.29) is 5.97 Å². The fraction of sp³-hybridized carbons (Fsp3) is 0.423. The molecule has 0 atom stereocenters. The van der Waals surface area contributed by atoms with Gasteiger partial charge in [0, 0.05) is 6.08 Å². The van der Waals surface area contributed by atoms with Crippen molar-refractivity contribution < 1.29 is 9.53 Å². The van der Waals surface area contributed by atoms with Crippen LogP contribution in [0, 0.1) is 34.6 Å². The summed E-state index contributed by atoms with van der Waals surface area (Å²) >= 11 is 0. The minimum Gasteiger partial charge on any atom is -0.463 e. The lowest BCUT2D eigenvalue weighted by atomic mass is 9.89. The van der Waals surface area contributed by atoms with Gasteiger partial charge < -0.3 is 4.74 Å². The van der Waals surface area contributed by atoms with Gasteiger partial charge in [0.05, 0.1) is 6.61 Å². The highest BCUT2D eigenvalue weighted by Gasteiger charge is 2.09. The predicted octanol–water partition coefficient (Wildman–Crippen LogP) is 7.03. The van der Waals surface area contributed by atoms with E-state index < -0.39 is 0 Å². The summed E-state index contributed by atoms with van der Waals surface area (Å²) in [6.45, 7) is 17.5. The Morgan fingerprint density at radius 3 is 2.00 bits per heavy atom. The van der Waals surface area contributed by atoms with Crippen molar-refractivity contribution in [3.63, 3.8) is 0 Å². The van der Waals surface area contributed by atoms with E-state index in [9.17, 15) is 4.79 Å². The molecule has 0 aliphatic heterocycles. The summed E-state index contributed by atoms with van der Waals surface area (Å²) in [6, 6.07) is 0. The van der Waals surface area contributed by atoms with Gasteiger partial charge in [-0.1, -0.05) is 49.3 Å².